The monoisotopic (exact) mass is 370 g/mol. The van der Waals surface area contributed by atoms with E-state index in [1.807, 2.05) is 0 Å². The smallest absolute Gasteiger partial charge is 0.351 e. The molecule has 0 aliphatic heterocycles. The fourth-order valence-electron chi connectivity index (χ4n) is 1.15. The summed E-state index contributed by atoms with van der Waals surface area (Å²) in [6.45, 7) is -1.32. The number of rotatable bonds is 5. The first-order valence-electron chi connectivity index (χ1n) is 4.71. The molecule has 1 nitrogen and oxygen atoms in total. The Hall–Kier alpha value is -0.190. The van der Waals surface area contributed by atoms with Crippen LogP contribution in [0.15, 0.2) is 0 Å². The zero-order valence-corrected chi connectivity index (χ0v) is 10.6. The molecule has 0 aromatic rings. The summed E-state index contributed by atoms with van der Waals surface area (Å²) in [4.78, 5) is 0. The van der Waals surface area contributed by atoms with Crippen LogP contribution >= 0.6 is 15.9 Å². The number of alkyl halides is 10. The molecule has 0 spiro atoms. The van der Waals surface area contributed by atoms with Crippen molar-refractivity contribution in [2.24, 2.45) is 0 Å². The Morgan fingerprint density at radius 3 is 1.32 bits per heavy atom. The predicted octanol–water partition coefficient (Wildman–Crippen LogP) is 4.60. The first-order chi connectivity index (χ1) is 8.31. The third kappa shape index (κ3) is 3.89. The molecule has 0 aliphatic carbocycles. The SMILES string of the molecule is FC(F)(F)C(OCCCCBr)(C(F)(F)F)C(F)(F)F. The van der Waals surface area contributed by atoms with E-state index < -0.39 is 30.7 Å². The van der Waals surface area contributed by atoms with Crippen molar-refractivity contribution in [2.75, 3.05) is 11.9 Å². The van der Waals surface area contributed by atoms with Gasteiger partial charge in [0, 0.05) is 11.9 Å². The van der Waals surface area contributed by atoms with Gasteiger partial charge < -0.3 is 4.74 Å². The lowest BCUT2D eigenvalue weighted by molar-refractivity contribution is -0.457. The molecule has 0 unspecified atom stereocenters. The van der Waals surface area contributed by atoms with Crippen molar-refractivity contribution in [3.05, 3.63) is 0 Å². The molecule has 0 fully saturated rings. The van der Waals surface area contributed by atoms with Crippen molar-refractivity contribution in [3.63, 3.8) is 0 Å². The molecule has 0 atom stereocenters. The number of hydrogen-bond donors (Lipinski definition) is 0. The van der Waals surface area contributed by atoms with Crippen LogP contribution in [0.25, 0.3) is 0 Å². The van der Waals surface area contributed by atoms with E-state index in [0.29, 0.717) is 0 Å². The van der Waals surface area contributed by atoms with Crippen LogP contribution in [0.5, 0.6) is 0 Å². The molecule has 0 aromatic heterocycles. The summed E-state index contributed by atoms with van der Waals surface area (Å²) in [5.74, 6) is 0. The van der Waals surface area contributed by atoms with Crippen molar-refractivity contribution < 1.29 is 44.3 Å². The molecular weight excluding hydrogens is 363 g/mol. The molecule has 0 saturated heterocycles. The van der Waals surface area contributed by atoms with Gasteiger partial charge in [0.15, 0.2) is 0 Å². The van der Waals surface area contributed by atoms with Gasteiger partial charge in [-0.3, -0.25) is 0 Å². The largest absolute Gasteiger partial charge is 0.435 e. The maximum absolute atomic E-state index is 12.3. The standard InChI is InChI=1S/C8H8BrF9O/c9-3-1-2-4-19-5(6(10,11)12,7(13,14)15)8(16,17)18/h1-4H2. The van der Waals surface area contributed by atoms with Gasteiger partial charge in [0.25, 0.3) is 0 Å². The third-order valence-corrected chi connectivity index (χ3v) is 2.60. The lowest BCUT2D eigenvalue weighted by Crippen LogP contribution is -2.67. The highest BCUT2D eigenvalue weighted by molar-refractivity contribution is 9.09. The van der Waals surface area contributed by atoms with Gasteiger partial charge in [0.1, 0.15) is 0 Å². The first kappa shape index (κ1) is 18.8. The summed E-state index contributed by atoms with van der Waals surface area (Å²) >= 11 is 2.83. The van der Waals surface area contributed by atoms with Crippen LogP contribution in [0, 0.1) is 0 Å². The molecular formula is C8H8BrF9O. The summed E-state index contributed by atoms with van der Waals surface area (Å²) in [6, 6.07) is 0. The van der Waals surface area contributed by atoms with Crippen LogP contribution in [0.1, 0.15) is 12.8 Å². The molecule has 0 aliphatic rings. The molecule has 19 heavy (non-hydrogen) atoms. The molecule has 11 heteroatoms. The summed E-state index contributed by atoms with van der Waals surface area (Å²) in [5.41, 5.74) is -6.15. The molecule has 0 radical (unpaired) electrons. The molecule has 0 bridgehead atoms. The third-order valence-electron chi connectivity index (χ3n) is 2.04. The van der Waals surface area contributed by atoms with Crippen LogP contribution in [-0.4, -0.2) is 36.1 Å². The van der Waals surface area contributed by atoms with Gasteiger partial charge in [-0.15, -0.1) is 0 Å². The van der Waals surface area contributed by atoms with Crippen LogP contribution < -0.4 is 0 Å². The van der Waals surface area contributed by atoms with Gasteiger partial charge in [0.2, 0.25) is 0 Å². The van der Waals surface area contributed by atoms with Crippen LogP contribution in [0.4, 0.5) is 39.5 Å². The molecule has 0 rings (SSSR count). The van der Waals surface area contributed by atoms with E-state index in [1.54, 1.807) is 0 Å². The Labute approximate surface area is 110 Å². The van der Waals surface area contributed by atoms with E-state index in [4.69, 9.17) is 0 Å². The van der Waals surface area contributed by atoms with Gasteiger partial charge in [0.05, 0.1) is 0 Å². The van der Waals surface area contributed by atoms with Crippen LogP contribution in [0.3, 0.4) is 0 Å². The predicted molar refractivity (Wildman–Crippen MR) is 49.9 cm³/mol. The number of ether oxygens (including phenoxy) is 1. The van der Waals surface area contributed by atoms with Gasteiger partial charge >= 0.3 is 24.1 Å². The zero-order chi connectivity index (χ0) is 15.5. The highest BCUT2D eigenvalue weighted by Gasteiger charge is 2.85. The van der Waals surface area contributed by atoms with E-state index in [0.717, 1.165) is 0 Å². The fraction of sp³-hybridized carbons (Fsp3) is 1.00. The van der Waals surface area contributed by atoms with Crippen molar-refractivity contribution in [1.29, 1.82) is 0 Å². The normalized spacial score (nSPS) is 14.8. The maximum atomic E-state index is 12.3. The van der Waals surface area contributed by atoms with Crippen molar-refractivity contribution in [1.82, 2.24) is 0 Å². The molecule has 116 valence electrons. The van der Waals surface area contributed by atoms with E-state index in [2.05, 4.69) is 20.7 Å². The van der Waals surface area contributed by atoms with Crippen LogP contribution in [0.2, 0.25) is 0 Å². The lowest BCUT2D eigenvalue weighted by atomic mass is 10.0. The highest BCUT2D eigenvalue weighted by atomic mass is 79.9. The zero-order valence-electron chi connectivity index (χ0n) is 9.02. The second kappa shape index (κ2) is 6.06. The molecule has 0 heterocycles. The summed E-state index contributed by atoms with van der Waals surface area (Å²) in [6.07, 6.45) is -20.3. The minimum atomic E-state index is -6.65. The molecule has 0 saturated carbocycles. The lowest BCUT2D eigenvalue weighted by Gasteiger charge is -2.38. The second-order valence-electron chi connectivity index (χ2n) is 3.42. The Balaban J connectivity index is 5.44. The number of halogens is 10. The van der Waals surface area contributed by atoms with Crippen molar-refractivity contribution in [2.45, 2.75) is 37.0 Å². The summed E-state index contributed by atoms with van der Waals surface area (Å²) in [5, 5.41) is 0.216. The average Bonchev–Trinajstić information content (AvgIpc) is 2.10. The molecule has 0 aromatic carbocycles. The van der Waals surface area contributed by atoms with Gasteiger partial charge in [-0.1, -0.05) is 15.9 Å². The van der Waals surface area contributed by atoms with E-state index >= 15 is 0 Å². The van der Waals surface area contributed by atoms with Gasteiger partial charge in [-0.05, 0) is 12.8 Å². The average molecular weight is 371 g/mol. The molecule has 0 N–H and O–H groups in total. The van der Waals surface area contributed by atoms with Crippen molar-refractivity contribution in [3.8, 4) is 0 Å². The minimum Gasteiger partial charge on any atom is -0.351 e. The maximum Gasteiger partial charge on any atom is 0.435 e. The highest BCUT2D eigenvalue weighted by Crippen LogP contribution is 2.54. The van der Waals surface area contributed by atoms with Gasteiger partial charge in [-0.2, -0.15) is 39.5 Å². The number of hydrogen-bond acceptors (Lipinski definition) is 1. The van der Waals surface area contributed by atoms with Crippen LogP contribution in [-0.2, 0) is 4.74 Å². The Bertz CT molecular complexity index is 243. The minimum absolute atomic E-state index is 0.0731. The quantitative estimate of drug-likeness (QED) is 0.390. The summed E-state index contributed by atoms with van der Waals surface area (Å²) in [7, 11) is 0. The number of unbranched alkanes of at least 4 members (excludes halogenated alkanes) is 1. The van der Waals surface area contributed by atoms with E-state index in [1.165, 1.54) is 0 Å². The first-order valence-corrected chi connectivity index (χ1v) is 5.83. The summed E-state index contributed by atoms with van der Waals surface area (Å²) < 4.78 is 114. The van der Waals surface area contributed by atoms with E-state index in [-0.39, 0.29) is 18.2 Å². The van der Waals surface area contributed by atoms with E-state index in [9.17, 15) is 39.5 Å². The Morgan fingerprint density at radius 2 is 1.05 bits per heavy atom. The Morgan fingerprint density at radius 1 is 0.684 bits per heavy atom. The molecule has 0 amide bonds. The second-order valence-corrected chi connectivity index (χ2v) is 4.21. The fourth-order valence-corrected chi connectivity index (χ4v) is 1.55. The van der Waals surface area contributed by atoms with Gasteiger partial charge in [-0.25, -0.2) is 0 Å². The topological polar surface area (TPSA) is 9.23 Å². The van der Waals surface area contributed by atoms with Crippen molar-refractivity contribution >= 4 is 15.9 Å². The Kier molecular flexibility index (Phi) is 6.00.